The van der Waals surface area contributed by atoms with Gasteiger partial charge >= 0.3 is 6.09 Å². The van der Waals surface area contributed by atoms with Crippen molar-refractivity contribution in [1.29, 1.82) is 0 Å². The monoisotopic (exact) mass is 615 g/mol. The van der Waals surface area contributed by atoms with Crippen LogP contribution in [0.2, 0.25) is 10.2 Å². The molecule has 42 heavy (non-hydrogen) atoms. The third-order valence-electron chi connectivity index (χ3n) is 8.05. The molecule has 3 atom stereocenters. The number of aromatic nitrogens is 2. The molecule has 3 heterocycles. The first-order valence-electron chi connectivity index (χ1n) is 13.8. The second kappa shape index (κ2) is 13.1. The number of amides is 2. The lowest BCUT2D eigenvalue weighted by Gasteiger charge is -2.37. The summed E-state index contributed by atoms with van der Waals surface area (Å²) < 4.78 is 25.6. The van der Waals surface area contributed by atoms with Gasteiger partial charge in [-0.05, 0) is 54.3 Å². The zero-order chi connectivity index (χ0) is 29.8. The molecule has 2 aromatic carbocycles. The second-order valence-corrected chi connectivity index (χ2v) is 11.2. The van der Waals surface area contributed by atoms with Gasteiger partial charge in [0.25, 0.3) is 0 Å². The fourth-order valence-corrected chi connectivity index (χ4v) is 6.15. The fourth-order valence-electron chi connectivity index (χ4n) is 5.92. The summed E-state index contributed by atoms with van der Waals surface area (Å²) >= 11 is 12.0. The van der Waals surface area contributed by atoms with Gasteiger partial charge in [-0.1, -0.05) is 41.4 Å². The molecular formula is C30H32Cl2FN5O4. The van der Waals surface area contributed by atoms with E-state index >= 15 is 4.39 Å². The Hall–Kier alpha value is -3.63. The van der Waals surface area contributed by atoms with Crippen LogP contribution in [0, 0.1) is 11.7 Å². The van der Waals surface area contributed by atoms with Gasteiger partial charge < -0.3 is 19.3 Å². The van der Waals surface area contributed by atoms with Gasteiger partial charge in [0, 0.05) is 49.7 Å². The van der Waals surface area contributed by atoms with E-state index in [0.29, 0.717) is 61.2 Å². The van der Waals surface area contributed by atoms with Crippen LogP contribution >= 0.6 is 23.2 Å². The number of anilines is 1. The maximum atomic E-state index is 15.3. The normalized spacial score (nSPS) is 21.1. The van der Waals surface area contributed by atoms with Gasteiger partial charge in [-0.15, -0.1) is 10.2 Å². The third-order valence-corrected chi connectivity index (χ3v) is 8.51. The fraction of sp³-hybridized carbons (Fsp3) is 0.400. The van der Waals surface area contributed by atoms with Gasteiger partial charge in [0.05, 0.1) is 26.2 Å². The van der Waals surface area contributed by atoms with Gasteiger partial charge in [0.15, 0.2) is 11.0 Å². The molecule has 9 nitrogen and oxygen atoms in total. The van der Waals surface area contributed by atoms with Gasteiger partial charge in [-0.3, -0.25) is 9.69 Å². The zero-order valence-electron chi connectivity index (χ0n) is 23.4. The van der Waals surface area contributed by atoms with E-state index in [1.165, 1.54) is 20.3 Å². The number of hydrogen-bond acceptors (Lipinski definition) is 7. The summed E-state index contributed by atoms with van der Waals surface area (Å²) in [7, 11) is 2.83. The first-order chi connectivity index (χ1) is 20.3. The van der Waals surface area contributed by atoms with Crippen molar-refractivity contribution >= 4 is 41.0 Å². The average molecular weight is 617 g/mol. The molecule has 0 radical (unpaired) electrons. The first kappa shape index (κ1) is 29.8. The van der Waals surface area contributed by atoms with E-state index in [4.69, 9.17) is 32.7 Å². The zero-order valence-corrected chi connectivity index (χ0v) is 24.9. The predicted molar refractivity (Wildman–Crippen MR) is 158 cm³/mol. The van der Waals surface area contributed by atoms with Crippen LogP contribution in [0.5, 0.6) is 5.75 Å². The molecule has 0 aliphatic carbocycles. The van der Waals surface area contributed by atoms with Crippen molar-refractivity contribution in [2.75, 3.05) is 51.8 Å². The molecule has 1 aromatic heterocycles. The summed E-state index contributed by atoms with van der Waals surface area (Å²) in [4.78, 5) is 32.4. The van der Waals surface area contributed by atoms with Crippen molar-refractivity contribution < 1.29 is 23.5 Å². The number of methoxy groups -OCH3 is 2. The lowest BCUT2D eigenvalue weighted by Crippen LogP contribution is -2.47. The number of ether oxygens (including phenoxy) is 2. The van der Waals surface area contributed by atoms with Crippen LogP contribution in [0.25, 0.3) is 0 Å². The summed E-state index contributed by atoms with van der Waals surface area (Å²) in [5, 5.41) is 9.01. The molecule has 1 unspecified atom stereocenters. The molecule has 2 aliphatic heterocycles. The molecule has 5 rings (SSSR count). The average Bonchev–Trinajstić information content (AvgIpc) is 3.42. The smallest absolute Gasteiger partial charge is 0.410 e. The van der Waals surface area contributed by atoms with Crippen molar-refractivity contribution in [3.8, 4) is 5.75 Å². The van der Waals surface area contributed by atoms with Crippen LogP contribution in [-0.4, -0.2) is 78.9 Å². The van der Waals surface area contributed by atoms with Crippen molar-refractivity contribution in [3.05, 3.63) is 81.7 Å². The molecule has 0 bridgehead atoms. The van der Waals surface area contributed by atoms with Crippen LogP contribution in [-0.2, 0) is 9.53 Å². The second-order valence-electron chi connectivity index (χ2n) is 10.4. The highest BCUT2D eigenvalue weighted by molar-refractivity contribution is 6.30. The number of nitrogens with zero attached hydrogens (tertiary/aromatic N) is 5. The molecule has 2 aliphatic rings. The van der Waals surface area contributed by atoms with Crippen LogP contribution in [0.15, 0.2) is 54.6 Å². The number of carbonyl (C=O) groups is 2. The Morgan fingerprint density at radius 3 is 2.40 bits per heavy atom. The number of rotatable bonds is 5. The molecule has 0 saturated carbocycles. The van der Waals surface area contributed by atoms with Gasteiger partial charge in [-0.25, -0.2) is 9.18 Å². The SMILES string of the molecule is COC(=O)N1CCN(C(=O)[C@@H]2CN(c3ccc(Cl)nn3)C[C@H]2c2ccc(OC)cc2F)CCCC1c1ccc(Cl)cc1. The molecule has 2 saturated heterocycles. The van der Waals surface area contributed by atoms with Crippen molar-refractivity contribution in [2.45, 2.75) is 24.8 Å². The largest absolute Gasteiger partial charge is 0.497 e. The molecule has 3 aromatic rings. The molecule has 0 N–H and O–H groups in total. The van der Waals surface area contributed by atoms with Gasteiger partial charge in [0.2, 0.25) is 5.91 Å². The van der Waals surface area contributed by atoms with Crippen molar-refractivity contribution in [1.82, 2.24) is 20.0 Å². The highest BCUT2D eigenvalue weighted by Gasteiger charge is 2.42. The minimum Gasteiger partial charge on any atom is -0.497 e. The summed E-state index contributed by atoms with van der Waals surface area (Å²) in [6, 6.07) is 15.3. The molecule has 12 heteroatoms. The van der Waals surface area contributed by atoms with Gasteiger partial charge in [-0.2, -0.15) is 0 Å². The topological polar surface area (TPSA) is 88.1 Å². The van der Waals surface area contributed by atoms with E-state index in [1.807, 2.05) is 17.0 Å². The minimum atomic E-state index is -0.552. The number of halogens is 3. The Labute approximate surface area is 254 Å². The summed E-state index contributed by atoms with van der Waals surface area (Å²) in [6.45, 7) is 1.80. The number of carbonyl (C=O) groups excluding carboxylic acids is 2. The van der Waals surface area contributed by atoms with E-state index in [1.54, 1.807) is 46.2 Å². The maximum absolute atomic E-state index is 15.3. The highest BCUT2D eigenvalue weighted by atomic mass is 35.5. The Balaban J connectivity index is 1.40. The molecule has 2 amide bonds. The number of hydrogen-bond donors (Lipinski definition) is 0. The molecule has 0 spiro atoms. The Morgan fingerprint density at radius 1 is 0.952 bits per heavy atom. The Morgan fingerprint density at radius 2 is 1.74 bits per heavy atom. The first-order valence-corrected chi connectivity index (χ1v) is 14.5. The van der Waals surface area contributed by atoms with E-state index < -0.39 is 23.7 Å². The highest BCUT2D eigenvalue weighted by Crippen LogP contribution is 2.38. The van der Waals surface area contributed by atoms with E-state index in [2.05, 4.69) is 10.2 Å². The standard InChI is InChI=1S/C30H32Cl2FN5O4/c1-41-21-9-10-22(25(33)16-21)23-17-37(28-12-11-27(32)34-35-28)18-24(23)29(39)36-13-3-4-26(19-5-7-20(31)8-6-19)38(15-14-36)30(40)42-2/h5-12,16,23-24,26H,3-4,13-15,17-18H2,1-2H3/t23-,24+,26?/m0/s1. The van der Waals surface area contributed by atoms with Gasteiger partial charge in [0.1, 0.15) is 11.6 Å². The van der Waals surface area contributed by atoms with Crippen LogP contribution in [0.4, 0.5) is 15.0 Å². The summed E-state index contributed by atoms with van der Waals surface area (Å²) in [6.07, 6.45) is 0.831. The van der Waals surface area contributed by atoms with Crippen molar-refractivity contribution in [2.24, 2.45) is 5.92 Å². The molecular weight excluding hydrogens is 584 g/mol. The van der Waals surface area contributed by atoms with Crippen LogP contribution in [0.3, 0.4) is 0 Å². The van der Waals surface area contributed by atoms with E-state index in [9.17, 15) is 9.59 Å². The van der Waals surface area contributed by atoms with Crippen LogP contribution in [0.1, 0.15) is 35.9 Å². The summed E-state index contributed by atoms with van der Waals surface area (Å²) in [5.74, 6) is -0.567. The Bertz CT molecular complexity index is 1410. The lowest BCUT2D eigenvalue weighted by atomic mass is 9.87. The Kier molecular flexibility index (Phi) is 9.33. The van der Waals surface area contributed by atoms with Crippen LogP contribution < -0.4 is 9.64 Å². The lowest BCUT2D eigenvalue weighted by molar-refractivity contribution is -0.136. The number of benzene rings is 2. The minimum absolute atomic E-state index is 0.102. The quantitative estimate of drug-likeness (QED) is 0.370. The predicted octanol–water partition coefficient (Wildman–Crippen LogP) is 5.58. The summed E-state index contributed by atoms with van der Waals surface area (Å²) in [5.41, 5.74) is 1.39. The van der Waals surface area contributed by atoms with E-state index in [0.717, 1.165) is 5.56 Å². The maximum Gasteiger partial charge on any atom is 0.410 e. The van der Waals surface area contributed by atoms with E-state index in [-0.39, 0.29) is 23.6 Å². The van der Waals surface area contributed by atoms with Crippen molar-refractivity contribution in [3.63, 3.8) is 0 Å². The molecule has 222 valence electrons. The molecule has 2 fully saturated rings. The third kappa shape index (κ3) is 6.39.